The van der Waals surface area contributed by atoms with Gasteiger partial charge in [0, 0.05) is 6.54 Å². The third-order valence-corrected chi connectivity index (χ3v) is 2.63. The molecule has 0 heterocycles. The highest BCUT2D eigenvalue weighted by Gasteiger charge is 2.38. The third-order valence-electron chi connectivity index (χ3n) is 2.63. The van der Waals surface area contributed by atoms with Gasteiger partial charge in [0.1, 0.15) is 0 Å². The zero-order valence-corrected chi connectivity index (χ0v) is 12.0. The van der Waals surface area contributed by atoms with Crippen LogP contribution < -0.4 is 16.0 Å². The molecule has 6 nitrogen and oxygen atoms in total. The number of ketones is 1. The predicted molar refractivity (Wildman–Crippen MR) is 69.5 cm³/mol. The fourth-order valence-corrected chi connectivity index (χ4v) is 1.56. The van der Waals surface area contributed by atoms with E-state index in [4.69, 9.17) is 0 Å². The Balaban J connectivity index is 3.98. The number of halogens is 3. The summed E-state index contributed by atoms with van der Waals surface area (Å²) in [6, 6.07) is -0.663. The van der Waals surface area contributed by atoms with Gasteiger partial charge in [0.05, 0.1) is 12.6 Å². The van der Waals surface area contributed by atoms with Gasteiger partial charge >= 0.3 is 12.1 Å². The molecule has 3 N–H and O–H groups in total. The Morgan fingerprint density at radius 1 is 1.14 bits per heavy atom. The van der Waals surface area contributed by atoms with Crippen LogP contribution in [0.1, 0.15) is 26.2 Å². The summed E-state index contributed by atoms with van der Waals surface area (Å²) in [5.41, 5.74) is 0. The Labute approximate surface area is 120 Å². The van der Waals surface area contributed by atoms with Crippen molar-refractivity contribution in [3.05, 3.63) is 0 Å². The first-order valence-corrected chi connectivity index (χ1v) is 6.48. The minimum absolute atomic E-state index is 0.0748. The lowest BCUT2D eigenvalue weighted by atomic mass is 10.1. The lowest BCUT2D eigenvalue weighted by Gasteiger charge is -2.16. The zero-order valence-electron chi connectivity index (χ0n) is 12.0. The molecule has 0 radical (unpaired) electrons. The number of alkyl halides is 3. The Hall–Kier alpha value is -1.64. The van der Waals surface area contributed by atoms with Gasteiger partial charge in [-0.05, 0) is 33.2 Å². The van der Waals surface area contributed by atoms with Gasteiger partial charge in [-0.1, -0.05) is 0 Å². The maximum Gasteiger partial charge on any atom is 0.471 e. The topological polar surface area (TPSA) is 87.3 Å². The van der Waals surface area contributed by atoms with E-state index in [2.05, 4.69) is 10.6 Å². The Morgan fingerprint density at radius 3 is 2.24 bits per heavy atom. The molecule has 0 aliphatic heterocycles. The number of unbranched alkanes of at least 4 members (excludes halogenated alkanes) is 1. The first-order chi connectivity index (χ1) is 9.68. The number of rotatable bonds is 9. The molecule has 9 heteroatoms. The molecule has 0 aromatic carbocycles. The van der Waals surface area contributed by atoms with Crippen LogP contribution in [-0.2, 0) is 14.4 Å². The standard InChI is InChI=1S/C12H20F3N3O3/c1-8(19)9(18-10(20)7-16-2)5-3-4-6-17-11(21)12(13,14)15/h9,16H,3-7H2,1-2H3,(H,17,21)(H,18,20)/t9-/m0/s1. The summed E-state index contributed by atoms with van der Waals surface area (Å²) < 4.78 is 35.7. The number of carbonyl (C=O) groups is 3. The molecule has 0 unspecified atom stereocenters. The molecule has 0 rings (SSSR count). The van der Waals surface area contributed by atoms with E-state index in [1.54, 1.807) is 12.4 Å². The van der Waals surface area contributed by atoms with Gasteiger partial charge < -0.3 is 16.0 Å². The highest BCUT2D eigenvalue weighted by Crippen LogP contribution is 2.14. The highest BCUT2D eigenvalue weighted by atomic mass is 19.4. The summed E-state index contributed by atoms with van der Waals surface area (Å²) >= 11 is 0. The van der Waals surface area contributed by atoms with Crippen LogP contribution in [-0.4, -0.2) is 50.0 Å². The van der Waals surface area contributed by atoms with Crippen molar-refractivity contribution in [2.24, 2.45) is 0 Å². The lowest BCUT2D eigenvalue weighted by Crippen LogP contribution is -2.43. The second-order valence-corrected chi connectivity index (χ2v) is 4.51. The van der Waals surface area contributed by atoms with Crippen molar-refractivity contribution < 1.29 is 27.6 Å². The molecule has 21 heavy (non-hydrogen) atoms. The van der Waals surface area contributed by atoms with Crippen LogP contribution >= 0.6 is 0 Å². The molecular weight excluding hydrogens is 291 g/mol. The number of carbonyl (C=O) groups excluding carboxylic acids is 3. The second kappa shape index (κ2) is 9.32. The molecule has 0 fully saturated rings. The van der Waals surface area contributed by atoms with E-state index in [9.17, 15) is 27.6 Å². The van der Waals surface area contributed by atoms with E-state index >= 15 is 0 Å². The van der Waals surface area contributed by atoms with Crippen LogP contribution in [0, 0.1) is 0 Å². The molecule has 0 saturated heterocycles. The van der Waals surface area contributed by atoms with Crippen LogP contribution in [0.5, 0.6) is 0 Å². The monoisotopic (exact) mass is 311 g/mol. The van der Waals surface area contributed by atoms with E-state index in [1.807, 2.05) is 0 Å². The van der Waals surface area contributed by atoms with Crippen LogP contribution in [0.4, 0.5) is 13.2 Å². The fourth-order valence-electron chi connectivity index (χ4n) is 1.56. The molecule has 0 spiro atoms. The van der Waals surface area contributed by atoms with Gasteiger partial charge in [0.2, 0.25) is 5.91 Å². The van der Waals surface area contributed by atoms with E-state index in [-0.39, 0.29) is 31.2 Å². The normalized spacial score (nSPS) is 12.6. The Bertz CT molecular complexity index is 372. The summed E-state index contributed by atoms with van der Waals surface area (Å²) in [4.78, 5) is 33.2. The number of amides is 2. The SMILES string of the molecule is CNCC(=O)N[C@@H](CCCCNC(=O)C(F)(F)F)C(C)=O. The number of likely N-dealkylation sites (N-methyl/N-ethyl adjacent to an activating group) is 1. The summed E-state index contributed by atoms with van der Waals surface area (Å²) in [5.74, 6) is -2.53. The second-order valence-electron chi connectivity index (χ2n) is 4.51. The molecule has 0 saturated carbocycles. The minimum atomic E-state index is -4.89. The van der Waals surface area contributed by atoms with Gasteiger partial charge in [-0.2, -0.15) is 13.2 Å². The van der Waals surface area contributed by atoms with Gasteiger partial charge in [-0.25, -0.2) is 0 Å². The highest BCUT2D eigenvalue weighted by molar-refractivity contribution is 5.88. The maximum atomic E-state index is 11.9. The first-order valence-electron chi connectivity index (χ1n) is 6.48. The van der Waals surface area contributed by atoms with Gasteiger partial charge in [-0.15, -0.1) is 0 Å². The van der Waals surface area contributed by atoms with Crippen LogP contribution in [0.25, 0.3) is 0 Å². The van der Waals surface area contributed by atoms with Crippen molar-refractivity contribution in [3.63, 3.8) is 0 Å². The number of hydrogen-bond donors (Lipinski definition) is 3. The summed E-state index contributed by atoms with van der Waals surface area (Å²) in [6.45, 7) is 1.27. The van der Waals surface area contributed by atoms with Crippen molar-refractivity contribution in [1.29, 1.82) is 0 Å². The van der Waals surface area contributed by atoms with Crippen molar-refractivity contribution in [2.45, 2.75) is 38.4 Å². The predicted octanol–water partition coefficient (Wildman–Crippen LogP) is 0.128. The van der Waals surface area contributed by atoms with Gasteiger partial charge in [0.15, 0.2) is 5.78 Å². The lowest BCUT2D eigenvalue weighted by molar-refractivity contribution is -0.173. The number of hydrogen-bond acceptors (Lipinski definition) is 4. The van der Waals surface area contributed by atoms with Gasteiger partial charge in [0.25, 0.3) is 0 Å². The minimum Gasteiger partial charge on any atom is -0.348 e. The van der Waals surface area contributed by atoms with E-state index < -0.39 is 18.1 Å². The van der Waals surface area contributed by atoms with Crippen molar-refractivity contribution >= 4 is 17.6 Å². The Morgan fingerprint density at radius 2 is 1.76 bits per heavy atom. The van der Waals surface area contributed by atoms with Crippen molar-refractivity contribution in [1.82, 2.24) is 16.0 Å². The average molecular weight is 311 g/mol. The average Bonchev–Trinajstić information content (AvgIpc) is 2.35. The number of Topliss-reactive ketones (excluding diaryl/α,β-unsaturated/α-hetero) is 1. The summed E-state index contributed by atoms with van der Waals surface area (Å²) in [7, 11) is 1.59. The molecular formula is C12H20F3N3O3. The molecule has 0 aliphatic rings. The van der Waals surface area contributed by atoms with E-state index in [1.165, 1.54) is 6.92 Å². The first kappa shape index (κ1) is 19.4. The molecule has 0 aliphatic carbocycles. The van der Waals surface area contributed by atoms with Crippen molar-refractivity contribution in [2.75, 3.05) is 20.1 Å². The quantitative estimate of drug-likeness (QED) is 0.528. The summed E-state index contributed by atoms with van der Waals surface area (Å²) in [6.07, 6.45) is -3.88. The zero-order chi connectivity index (χ0) is 16.5. The Kier molecular flexibility index (Phi) is 8.60. The maximum absolute atomic E-state index is 11.9. The van der Waals surface area contributed by atoms with Crippen LogP contribution in [0.2, 0.25) is 0 Å². The smallest absolute Gasteiger partial charge is 0.348 e. The molecule has 1 atom stereocenters. The summed E-state index contributed by atoms with van der Waals surface area (Å²) in [5, 5.41) is 6.90. The molecule has 122 valence electrons. The van der Waals surface area contributed by atoms with Crippen molar-refractivity contribution in [3.8, 4) is 0 Å². The molecule has 0 aromatic rings. The van der Waals surface area contributed by atoms with E-state index in [0.717, 1.165) is 0 Å². The molecule has 0 bridgehead atoms. The van der Waals surface area contributed by atoms with Crippen LogP contribution in [0.15, 0.2) is 0 Å². The largest absolute Gasteiger partial charge is 0.471 e. The third kappa shape index (κ3) is 9.01. The van der Waals surface area contributed by atoms with Crippen LogP contribution in [0.3, 0.4) is 0 Å². The molecule has 0 aromatic heterocycles. The fraction of sp³-hybridized carbons (Fsp3) is 0.750. The number of nitrogens with one attached hydrogen (secondary N) is 3. The van der Waals surface area contributed by atoms with E-state index in [0.29, 0.717) is 12.8 Å². The molecule has 2 amide bonds. The van der Waals surface area contributed by atoms with Gasteiger partial charge in [-0.3, -0.25) is 14.4 Å².